The lowest BCUT2D eigenvalue weighted by atomic mass is 10.1. The number of hydrogen-bond acceptors (Lipinski definition) is 1. The summed E-state index contributed by atoms with van der Waals surface area (Å²) < 4.78 is 5.84. The maximum absolute atomic E-state index is 5.91. The lowest BCUT2D eigenvalue weighted by molar-refractivity contribution is 0.483. The van der Waals surface area contributed by atoms with E-state index in [0.29, 0.717) is 0 Å². The monoisotopic (exact) mass is 280 g/mol. The van der Waals surface area contributed by atoms with Crippen molar-refractivity contribution in [3.8, 4) is 22.6 Å². The molecular formula is C18H13ClO. The van der Waals surface area contributed by atoms with E-state index < -0.39 is 0 Å². The van der Waals surface area contributed by atoms with Gasteiger partial charge in [0.25, 0.3) is 0 Å². The largest absolute Gasteiger partial charge is 0.457 e. The molecule has 0 aliphatic carbocycles. The molecule has 98 valence electrons. The highest BCUT2D eigenvalue weighted by atomic mass is 35.5. The fourth-order valence-electron chi connectivity index (χ4n) is 2.01. The lowest BCUT2D eigenvalue weighted by Gasteiger charge is -2.08. The first kappa shape index (κ1) is 12.8. The SMILES string of the molecule is Clc1ccc(-c2cccc(Oc3ccccc3)c2)cc1. The molecule has 0 unspecified atom stereocenters. The summed E-state index contributed by atoms with van der Waals surface area (Å²) in [6.07, 6.45) is 0. The number of ether oxygens (including phenoxy) is 1. The second kappa shape index (κ2) is 5.81. The molecule has 0 heterocycles. The molecule has 3 aromatic rings. The smallest absolute Gasteiger partial charge is 0.128 e. The van der Waals surface area contributed by atoms with Gasteiger partial charge in [-0.2, -0.15) is 0 Å². The van der Waals surface area contributed by atoms with Crippen molar-refractivity contribution >= 4 is 11.6 Å². The number of para-hydroxylation sites is 1. The van der Waals surface area contributed by atoms with E-state index in [-0.39, 0.29) is 0 Å². The van der Waals surface area contributed by atoms with Crippen LogP contribution in [0, 0.1) is 0 Å². The molecule has 0 fully saturated rings. The molecule has 0 radical (unpaired) electrons. The van der Waals surface area contributed by atoms with Crippen LogP contribution in [0.3, 0.4) is 0 Å². The predicted molar refractivity (Wildman–Crippen MR) is 83.4 cm³/mol. The lowest BCUT2D eigenvalue weighted by Crippen LogP contribution is -1.84. The first-order valence-electron chi connectivity index (χ1n) is 6.40. The zero-order valence-electron chi connectivity index (χ0n) is 10.8. The van der Waals surface area contributed by atoms with Crippen molar-refractivity contribution in [2.75, 3.05) is 0 Å². The molecule has 0 atom stereocenters. The normalized spacial score (nSPS) is 10.2. The predicted octanol–water partition coefficient (Wildman–Crippen LogP) is 5.80. The van der Waals surface area contributed by atoms with Gasteiger partial charge in [0.05, 0.1) is 0 Å². The maximum atomic E-state index is 5.91. The molecule has 0 N–H and O–H groups in total. The molecule has 2 heteroatoms. The van der Waals surface area contributed by atoms with Crippen molar-refractivity contribution in [1.29, 1.82) is 0 Å². The van der Waals surface area contributed by atoms with Gasteiger partial charge >= 0.3 is 0 Å². The van der Waals surface area contributed by atoms with Gasteiger partial charge in [-0.1, -0.05) is 54.1 Å². The van der Waals surface area contributed by atoms with E-state index in [9.17, 15) is 0 Å². The molecule has 0 bridgehead atoms. The van der Waals surface area contributed by atoms with Crippen LogP contribution in [0.5, 0.6) is 11.5 Å². The summed E-state index contributed by atoms with van der Waals surface area (Å²) in [5.41, 5.74) is 2.23. The highest BCUT2D eigenvalue weighted by Gasteiger charge is 2.01. The van der Waals surface area contributed by atoms with Gasteiger partial charge < -0.3 is 4.74 Å². The zero-order valence-corrected chi connectivity index (χ0v) is 11.5. The number of rotatable bonds is 3. The Morgan fingerprint density at radius 3 is 2.05 bits per heavy atom. The van der Waals surface area contributed by atoms with Crippen LogP contribution in [0.25, 0.3) is 11.1 Å². The number of hydrogen-bond donors (Lipinski definition) is 0. The van der Waals surface area contributed by atoms with E-state index in [4.69, 9.17) is 16.3 Å². The number of halogens is 1. The molecule has 3 rings (SSSR count). The van der Waals surface area contributed by atoms with E-state index in [2.05, 4.69) is 6.07 Å². The van der Waals surface area contributed by atoms with Crippen molar-refractivity contribution in [3.63, 3.8) is 0 Å². The average Bonchev–Trinajstić information content (AvgIpc) is 2.49. The van der Waals surface area contributed by atoms with E-state index in [1.165, 1.54) is 0 Å². The van der Waals surface area contributed by atoms with Gasteiger partial charge in [0.1, 0.15) is 11.5 Å². The minimum atomic E-state index is 0.741. The first-order chi connectivity index (χ1) is 9.81. The molecular weight excluding hydrogens is 268 g/mol. The Hall–Kier alpha value is -2.25. The fourth-order valence-corrected chi connectivity index (χ4v) is 2.13. The molecule has 0 amide bonds. The third-order valence-corrected chi connectivity index (χ3v) is 3.24. The summed E-state index contributed by atoms with van der Waals surface area (Å²) in [5.74, 6) is 1.66. The van der Waals surface area contributed by atoms with Gasteiger partial charge in [-0.3, -0.25) is 0 Å². The summed E-state index contributed by atoms with van der Waals surface area (Å²) in [4.78, 5) is 0. The van der Waals surface area contributed by atoms with Crippen LogP contribution in [0.1, 0.15) is 0 Å². The first-order valence-corrected chi connectivity index (χ1v) is 6.78. The zero-order chi connectivity index (χ0) is 13.8. The van der Waals surface area contributed by atoms with Gasteiger partial charge in [0.2, 0.25) is 0 Å². The molecule has 3 aromatic carbocycles. The van der Waals surface area contributed by atoms with Crippen LogP contribution in [0.15, 0.2) is 78.9 Å². The van der Waals surface area contributed by atoms with Crippen LogP contribution < -0.4 is 4.74 Å². The van der Waals surface area contributed by atoms with Gasteiger partial charge in [-0.15, -0.1) is 0 Å². The summed E-state index contributed by atoms with van der Waals surface area (Å²) in [6.45, 7) is 0. The van der Waals surface area contributed by atoms with Gasteiger partial charge in [0.15, 0.2) is 0 Å². The van der Waals surface area contributed by atoms with E-state index in [0.717, 1.165) is 27.6 Å². The Morgan fingerprint density at radius 1 is 0.600 bits per heavy atom. The van der Waals surface area contributed by atoms with Crippen LogP contribution in [-0.2, 0) is 0 Å². The molecule has 0 saturated heterocycles. The maximum Gasteiger partial charge on any atom is 0.128 e. The highest BCUT2D eigenvalue weighted by Crippen LogP contribution is 2.27. The molecule has 1 nitrogen and oxygen atoms in total. The Balaban J connectivity index is 1.88. The summed E-state index contributed by atoms with van der Waals surface area (Å²) in [6, 6.07) is 25.6. The summed E-state index contributed by atoms with van der Waals surface area (Å²) in [5, 5.41) is 0.741. The summed E-state index contributed by atoms with van der Waals surface area (Å²) in [7, 11) is 0. The Kier molecular flexibility index (Phi) is 3.71. The number of benzene rings is 3. The second-order valence-electron chi connectivity index (χ2n) is 4.45. The Morgan fingerprint density at radius 2 is 1.30 bits per heavy atom. The van der Waals surface area contributed by atoms with Gasteiger partial charge in [-0.05, 0) is 47.5 Å². The van der Waals surface area contributed by atoms with Gasteiger partial charge in [0, 0.05) is 5.02 Å². The molecule has 0 aromatic heterocycles. The van der Waals surface area contributed by atoms with Crippen molar-refractivity contribution in [2.24, 2.45) is 0 Å². The highest BCUT2D eigenvalue weighted by molar-refractivity contribution is 6.30. The van der Waals surface area contributed by atoms with Crippen LogP contribution in [0.4, 0.5) is 0 Å². The van der Waals surface area contributed by atoms with Crippen LogP contribution in [0.2, 0.25) is 5.02 Å². The van der Waals surface area contributed by atoms with Gasteiger partial charge in [-0.25, -0.2) is 0 Å². The van der Waals surface area contributed by atoms with Crippen molar-refractivity contribution in [3.05, 3.63) is 83.9 Å². The Labute approximate surface area is 123 Å². The minimum Gasteiger partial charge on any atom is -0.457 e. The molecule has 0 spiro atoms. The molecule has 0 aliphatic rings. The molecule has 0 saturated carbocycles. The summed E-state index contributed by atoms with van der Waals surface area (Å²) >= 11 is 5.91. The van der Waals surface area contributed by atoms with Crippen LogP contribution >= 0.6 is 11.6 Å². The van der Waals surface area contributed by atoms with E-state index >= 15 is 0 Å². The van der Waals surface area contributed by atoms with Crippen molar-refractivity contribution in [2.45, 2.75) is 0 Å². The average molecular weight is 281 g/mol. The van der Waals surface area contributed by atoms with E-state index in [1.807, 2.05) is 72.8 Å². The molecule has 20 heavy (non-hydrogen) atoms. The topological polar surface area (TPSA) is 9.23 Å². The third kappa shape index (κ3) is 3.01. The van der Waals surface area contributed by atoms with Crippen molar-refractivity contribution in [1.82, 2.24) is 0 Å². The second-order valence-corrected chi connectivity index (χ2v) is 4.89. The Bertz CT molecular complexity index is 690. The third-order valence-electron chi connectivity index (χ3n) is 2.99. The quantitative estimate of drug-likeness (QED) is 0.589. The molecule has 0 aliphatic heterocycles. The van der Waals surface area contributed by atoms with Crippen LogP contribution in [-0.4, -0.2) is 0 Å². The fraction of sp³-hybridized carbons (Fsp3) is 0. The minimum absolute atomic E-state index is 0.741. The van der Waals surface area contributed by atoms with Crippen molar-refractivity contribution < 1.29 is 4.74 Å². The van der Waals surface area contributed by atoms with E-state index in [1.54, 1.807) is 0 Å². The standard InChI is InChI=1S/C18H13ClO/c19-16-11-9-14(10-12-16)15-5-4-8-18(13-15)20-17-6-2-1-3-7-17/h1-13H.